The number of rotatable bonds is 7. The van der Waals surface area contributed by atoms with E-state index in [1.54, 1.807) is 12.1 Å². The molecule has 178 valence electrons. The van der Waals surface area contributed by atoms with Crippen molar-refractivity contribution in [3.8, 4) is 17.6 Å². The van der Waals surface area contributed by atoms with Crippen LogP contribution in [0.4, 0.5) is 0 Å². The summed E-state index contributed by atoms with van der Waals surface area (Å²) in [5.74, 6) is 1.50. The van der Waals surface area contributed by atoms with Gasteiger partial charge < -0.3 is 14.5 Å². The van der Waals surface area contributed by atoms with E-state index in [1.807, 2.05) is 62.4 Å². The molecule has 5 aromatic rings. The number of hydrogen-bond donors (Lipinski definition) is 1. The number of benzene rings is 4. The van der Waals surface area contributed by atoms with Crippen LogP contribution in [0.5, 0.6) is 11.5 Å². The van der Waals surface area contributed by atoms with Gasteiger partial charge in [-0.1, -0.05) is 60.1 Å². The van der Waals surface area contributed by atoms with E-state index in [0.29, 0.717) is 46.7 Å². The summed E-state index contributed by atoms with van der Waals surface area (Å²) in [5, 5.41) is 12.5. The summed E-state index contributed by atoms with van der Waals surface area (Å²) < 4.78 is 12.0. The van der Waals surface area contributed by atoms with Crippen molar-refractivity contribution < 1.29 is 9.47 Å². The number of ether oxygens (including phenoxy) is 2. The molecule has 0 saturated heterocycles. The van der Waals surface area contributed by atoms with Crippen molar-refractivity contribution in [3.05, 3.63) is 100 Å². The highest BCUT2D eigenvalue weighted by Gasteiger charge is 2.15. The fourth-order valence-corrected chi connectivity index (χ4v) is 4.49. The molecule has 4 aromatic carbocycles. The minimum absolute atomic E-state index is 0.345. The van der Waals surface area contributed by atoms with Crippen LogP contribution in [-0.4, -0.2) is 16.6 Å². The lowest BCUT2D eigenvalue weighted by atomic mass is 10.1. The third-order valence-electron chi connectivity index (χ3n) is 5.91. The molecule has 0 saturated carbocycles. The second kappa shape index (κ2) is 10.2. The first-order valence-corrected chi connectivity index (χ1v) is 12.1. The van der Waals surface area contributed by atoms with Crippen LogP contribution < -0.4 is 9.47 Å². The third-order valence-corrected chi connectivity index (χ3v) is 6.19. The van der Waals surface area contributed by atoms with Gasteiger partial charge in [0.15, 0.2) is 11.5 Å². The number of aromatic nitrogens is 2. The maximum atomic E-state index is 9.85. The zero-order valence-electron chi connectivity index (χ0n) is 20.0. The molecule has 0 amide bonds. The quantitative estimate of drug-likeness (QED) is 0.235. The molecule has 6 heteroatoms. The number of aryl methyl sites for hydroxylation is 1. The Kier molecular flexibility index (Phi) is 6.62. The van der Waals surface area contributed by atoms with E-state index in [0.717, 1.165) is 32.9 Å². The second-order valence-corrected chi connectivity index (χ2v) is 8.87. The summed E-state index contributed by atoms with van der Waals surface area (Å²) in [5.41, 5.74) is 4.98. The van der Waals surface area contributed by atoms with Crippen LogP contribution in [0.25, 0.3) is 33.5 Å². The van der Waals surface area contributed by atoms with E-state index < -0.39 is 0 Å². The lowest BCUT2D eigenvalue weighted by molar-refractivity contribution is 0.270. The molecule has 5 rings (SSSR count). The lowest BCUT2D eigenvalue weighted by Crippen LogP contribution is -2.01. The zero-order chi connectivity index (χ0) is 25.1. The van der Waals surface area contributed by atoms with Gasteiger partial charge in [-0.15, -0.1) is 0 Å². The van der Waals surface area contributed by atoms with Crippen molar-refractivity contribution in [2.24, 2.45) is 0 Å². The Bertz CT molecular complexity index is 1640. The number of nitrogens with zero attached hydrogens (tertiary/aromatic N) is 2. The highest BCUT2D eigenvalue weighted by atomic mass is 35.5. The van der Waals surface area contributed by atoms with Crippen molar-refractivity contribution in [1.82, 2.24) is 9.97 Å². The minimum atomic E-state index is 0.345. The SMILES string of the molecule is CCOc1cc(/C=C(/C#N)c2nc3ccc(C)cc3[nH]2)cc(Cl)c1OCc1cccc2ccccc12. The molecule has 1 aromatic heterocycles. The second-order valence-electron chi connectivity index (χ2n) is 8.47. The lowest BCUT2D eigenvalue weighted by Gasteiger charge is -2.15. The topological polar surface area (TPSA) is 70.9 Å². The summed E-state index contributed by atoms with van der Waals surface area (Å²) in [7, 11) is 0. The van der Waals surface area contributed by atoms with E-state index in [-0.39, 0.29) is 0 Å². The summed E-state index contributed by atoms with van der Waals surface area (Å²) in [4.78, 5) is 7.81. The Morgan fingerprint density at radius 1 is 1.06 bits per heavy atom. The van der Waals surface area contributed by atoms with Crippen LogP contribution in [0.3, 0.4) is 0 Å². The Morgan fingerprint density at radius 3 is 2.72 bits per heavy atom. The molecule has 0 bridgehead atoms. The Morgan fingerprint density at radius 2 is 1.89 bits per heavy atom. The number of halogens is 1. The molecule has 0 spiro atoms. The number of fused-ring (bicyclic) bond motifs is 2. The normalized spacial score (nSPS) is 11.6. The average Bonchev–Trinajstić information content (AvgIpc) is 3.30. The smallest absolute Gasteiger partial charge is 0.180 e. The van der Waals surface area contributed by atoms with Gasteiger partial charge in [-0.3, -0.25) is 0 Å². The Balaban J connectivity index is 1.47. The molecule has 1 heterocycles. The first-order chi connectivity index (χ1) is 17.6. The molecule has 0 radical (unpaired) electrons. The van der Waals surface area contributed by atoms with Crippen molar-refractivity contribution in [2.45, 2.75) is 20.5 Å². The average molecular weight is 494 g/mol. The van der Waals surface area contributed by atoms with Gasteiger partial charge >= 0.3 is 0 Å². The van der Waals surface area contributed by atoms with Crippen LogP contribution in [0.2, 0.25) is 5.02 Å². The highest BCUT2D eigenvalue weighted by Crippen LogP contribution is 2.38. The third kappa shape index (κ3) is 4.77. The van der Waals surface area contributed by atoms with Crippen LogP contribution in [0, 0.1) is 18.3 Å². The number of aromatic amines is 1. The first-order valence-electron chi connectivity index (χ1n) is 11.7. The van der Waals surface area contributed by atoms with Crippen LogP contribution >= 0.6 is 11.6 Å². The van der Waals surface area contributed by atoms with E-state index >= 15 is 0 Å². The van der Waals surface area contributed by atoms with Gasteiger partial charge in [0.1, 0.15) is 18.5 Å². The van der Waals surface area contributed by atoms with Gasteiger partial charge in [-0.2, -0.15) is 5.26 Å². The Labute approximate surface area is 214 Å². The maximum Gasteiger partial charge on any atom is 0.180 e. The number of nitriles is 1. The number of allylic oxidation sites excluding steroid dienone is 1. The van der Waals surface area contributed by atoms with E-state index in [2.05, 4.69) is 34.2 Å². The van der Waals surface area contributed by atoms with Crippen LogP contribution in [0.15, 0.2) is 72.8 Å². The fraction of sp³-hybridized carbons (Fsp3) is 0.133. The minimum Gasteiger partial charge on any atom is -0.490 e. The van der Waals surface area contributed by atoms with Gasteiger partial charge in [0, 0.05) is 0 Å². The van der Waals surface area contributed by atoms with Gasteiger partial charge in [0.05, 0.1) is 28.2 Å². The fourth-order valence-electron chi connectivity index (χ4n) is 4.21. The molecule has 0 unspecified atom stereocenters. The molecule has 5 nitrogen and oxygen atoms in total. The van der Waals surface area contributed by atoms with Gasteiger partial charge in [-0.05, 0) is 71.7 Å². The van der Waals surface area contributed by atoms with Crippen molar-refractivity contribution in [1.29, 1.82) is 5.26 Å². The molecule has 0 atom stereocenters. The predicted octanol–water partition coefficient (Wildman–Crippen LogP) is 7.72. The van der Waals surface area contributed by atoms with Crippen molar-refractivity contribution in [2.75, 3.05) is 6.61 Å². The summed E-state index contributed by atoms with van der Waals surface area (Å²) >= 11 is 6.67. The Hall–Kier alpha value is -4.27. The van der Waals surface area contributed by atoms with E-state index in [9.17, 15) is 5.26 Å². The molecule has 1 N–H and O–H groups in total. The van der Waals surface area contributed by atoms with E-state index in [4.69, 9.17) is 21.1 Å². The standard InChI is InChI=1S/C30H24ClN3O2/c1-3-35-28-16-20(14-23(17-32)30-33-26-12-11-19(2)13-27(26)34-30)15-25(31)29(28)36-18-22-9-6-8-21-7-4-5-10-24(21)22/h4-16H,3,18H2,1-2H3,(H,33,34)/b23-14-. The first kappa shape index (κ1) is 23.5. The molecule has 36 heavy (non-hydrogen) atoms. The summed E-state index contributed by atoms with van der Waals surface area (Å²) in [6, 6.07) is 26.1. The van der Waals surface area contributed by atoms with Gasteiger partial charge in [0.25, 0.3) is 0 Å². The van der Waals surface area contributed by atoms with Crippen molar-refractivity contribution >= 4 is 45.1 Å². The number of H-pyrrole nitrogens is 1. The number of imidazole rings is 1. The molecule has 0 aliphatic heterocycles. The summed E-state index contributed by atoms with van der Waals surface area (Å²) in [6.07, 6.45) is 1.74. The van der Waals surface area contributed by atoms with Crippen LogP contribution in [0.1, 0.15) is 29.4 Å². The predicted molar refractivity (Wildman–Crippen MR) is 145 cm³/mol. The maximum absolute atomic E-state index is 9.85. The monoisotopic (exact) mass is 493 g/mol. The molecule has 0 fully saturated rings. The molecular weight excluding hydrogens is 470 g/mol. The van der Waals surface area contributed by atoms with Gasteiger partial charge in [-0.25, -0.2) is 4.98 Å². The molecule has 0 aliphatic carbocycles. The largest absolute Gasteiger partial charge is 0.490 e. The highest BCUT2D eigenvalue weighted by molar-refractivity contribution is 6.32. The van der Waals surface area contributed by atoms with Crippen LogP contribution in [-0.2, 0) is 6.61 Å². The van der Waals surface area contributed by atoms with Crippen molar-refractivity contribution in [3.63, 3.8) is 0 Å². The van der Waals surface area contributed by atoms with E-state index in [1.165, 1.54) is 0 Å². The van der Waals surface area contributed by atoms with Gasteiger partial charge in [0.2, 0.25) is 0 Å². The number of nitrogens with one attached hydrogen (secondary N) is 1. The number of hydrogen-bond acceptors (Lipinski definition) is 4. The molecular formula is C30H24ClN3O2. The molecule has 0 aliphatic rings. The summed E-state index contributed by atoms with van der Waals surface area (Å²) in [6.45, 7) is 4.71. The zero-order valence-corrected chi connectivity index (χ0v) is 20.8.